The van der Waals surface area contributed by atoms with Crippen LogP contribution in [0.4, 0.5) is 0 Å². The third-order valence-electron chi connectivity index (χ3n) is 2.11. The Balaban J connectivity index is 4.07. The van der Waals surface area contributed by atoms with Gasteiger partial charge in [-0.3, -0.25) is 0 Å². The second-order valence-corrected chi connectivity index (χ2v) is 2.83. The standard InChI is InChI=1S/C8H18O3/c1-7(10-4)8(2,11-5)6-9-3/h7H,6H2,1-5H3. The van der Waals surface area contributed by atoms with Gasteiger partial charge >= 0.3 is 0 Å². The Morgan fingerprint density at radius 2 is 1.82 bits per heavy atom. The summed E-state index contributed by atoms with van der Waals surface area (Å²) in [6.07, 6.45) is 0.0347. The molecule has 0 aliphatic carbocycles. The Bertz CT molecular complexity index is 106. The van der Waals surface area contributed by atoms with Crippen molar-refractivity contribution in [3.63, 3.8) is 0 Å². The van der Waals surface area contributed by atoms with Gasteiger partial charge in [-0.05, 0) is 13.8 Å². The highest BCUT2D eigenvalue weighted by atomic mass is 16.6. The molecule has 0 aromatic rings. The van der Waals surface area contributed by atoms with Gasteiger partial charge in [0.1, 0.15) is 5.60 Å². The van der Waals surface area contributed by atoms with Gasteiger partial charge in [0.25, 0.3) is 0 Å². The fourth-order valence-electron chi connectivity index (χ4n) is 0.878. The molecule has 0 aliphatic heterocycles. The maximum atomic E-state index is 5.28. The van der Waals surface area contributed by atoms with E-state index in [2.05, 4.69) is 0 Å². The number of hydrogen-bond acceptors (Lipinski definition) is 3. The van der Waals surface area contributed by atoms with Crippen molar-refractivity contribution in [2.45, 2.75) is 25.6 Å². The van der Waals surface area contributed by atoms with E-state index in [0.717, 1.165) is 0 Å². The van der Waals surface area contributed by atoms with Crippen molar-refractivity contribution in [2.75, 3.05) is 27.9 Å². The average Bonchev–Trinajstić information content (AvgIpc) is 2.03. The largest absolute Gasteiger partial charge is 0.382 e. The maximum Gasteiger partial charge on any atom is 0.114 e. The number of rotatable bonds is 5. The van der Waals surface area contributed by atoms with Gasteiger partial charge < -0.3 is 14.2 Å². The average molecular weight is 162 g/mol. The van der Waals surface area contributed by atoms with Crippen LogP contribution in [0.1, 0.15) is 13.8 Å². The number of ether oxygens (including phenoxy) is 3. The van der Waals surface area contributed by atoms with Crippen LogP contribution in [0.3, 0.4) is 0 Å². The van der Waals surface area contributed by atoms with Crippen LogP contribution in [0.15, 0.2) is 0 Å². The molecule has 11 heavy (non-hydrogen) atoms. The number of methoxy groups -OCH3 is 3. The molecule has 0 aliphatic rings. The van der Waals surface area contributed by atoms with Gasteiger partial charge in [0, 0.05) is 21.3 Å². The molecule has 0 N–H and O–H groups in total. The number of hydrogen-bond donors (Lipinski definition) is 0. The van der Waals surface area contributed by atoms with E-state index in [0.29, 0.717) is 6.61 Å². The summed E-state index contributed by atoms with van der Waals surface area (Å²) < 4.78 is 15.5. The minimum atomic E-state index is -0.344. The van der Waals surface area contributed by atoms with E-state index in [9.17, 15) is 0 Å². The van der Waals surface area contributed by atoms with Crippen molar-refractivity contribution < 1.29 is 14.2 Å². The summed E-state index contributed by atoms with van der Waals surface area (Å²) in [7, 11) is 4.98. The highest BCUT2D eigenvalue weighted by Crippen LogP contribution is 2.16. The molecule has 2 unspecified atom stereocenters. The van der Waals surface area contributed by atoms with Gasteiger partial charge in [-0.2, -0.15) is 0 Å². The summed E-state index contributed by atoms with van der Waals surface area (Å²) in [5.41, 5.74) is -0.344. The summed E-state index contributed by atoms with van der Waals surface area (Å²) in [5, 5.41) is 0. The monoisotopic (exact) mass is 162 g/mol. The van der Waals surface area contributed by atoms with Crippen LogP contribution in [0, 0.1) is 0 Å². The zero-order valence-corrected chi connectivity index (χ0v) is 8.01. The topological polar surface area (TPSA) is 27.7 Å². The summed E-state index contributed by atoms with van der Waals surface area (Å²) in [5.74, 6) is 0. The maximum absolute atomic E-state index is 5.28. The van der Waals surface area contributed by atoms with Crippen LogP contribution >= 0.6 is 0 Å². The lowest BCUT2D eigenvalue weighted by atomic mass is 10.0. The van der Waals surface area contributed by atoms with Crippen LogP contribution < -0.4 is 0 Å². The van der Waals surface area contributed by atoms with Crippen LogP contribution in [-0.4, -0.2) is 39.6 Å². The normalized spacial score (nSPS) is 19.4. The van der Waals surface area contributed by atoms with Crippen molar-refractivity contribution >= 4 is 0 Å². The van der Waals surface area contributed by atoms with Crippen LogP contribution in [0.5, 0.6) is 0 Å². The lowest BCUT2D eigenvalue weighted by molar-refractivity contribution is -0.129. The van der Waals surface area contributed by atoms with Crippen LogP contribution in [-0.2, 0) is 14.2 Å². The molecular formula is C8H18O3. The van der Waals surface area contributed by atoms with Gasteiger partial charge in [0.05, 0.1) is 12.7 Å². The Kier molecular flexibility index (Phi) is 4.65. The lowest BCUT2D eigenvalue weighted by Gasteiger charge is -2.32. The van der Waals surface area contributed by atoms with Gasteiger partial charge in [-0.25, -0.2) is 0 Å². The van der Waals surface area contributed by atoms with Gasteiger partial charge in [-0.15, -0.1) is 0 Å². The molecule has 68 valence electrons. The zero-order chi connectivity index (χ0) is 8.91. The predicted molar refractivity (Wildman–Crippen MR) is 43.8 cm³/mol. The fourth-order valence-corrected chi connectivity index (χ4v) is 0.878. The van der Waals surface area contributed by atoms with E-state index in [1.165, 1.54) is 0 Å². The summed E-state index contributed by atoms with van der Waals surface area (Å²) in [6, 6.07) is 0. The predicted octanol–water partition coefficient (Wildman–Crippen LogP) is 1.07. The summed E-state index contributed by atoms with van der Waals surface area (Å²) >= 11 is 0. The Morgan fingerprint density at radius 1 is 1.27 bits per heavy atom. The molecule has 0 saturated heterocycles. The van der Waals surface area contributed by atoms with Gasteiger partial charge in [0.15, 0.2) is 0 Å². The molecule has 0 aromatic carbocycles. The minimum Gasteiger partial charge on any atom is -0.382 e. The molecular weight excluding hydrogens is 144 g/mol. The first-order valence-electron chi connectivity index (χ1n) is 3.67. The molecule has 2 atom stereocenters. The smallest absolute Gasteiger partial charge is 0.114 e. The molecule has 0 rings (SSSR count). The van der Waals surface area contributed by atoms with Crippen molar-refractivity contribution in [1.29, 1.82) is 0 Å². The van der Waals surface area contributed by atoms with Gasteiger partial charge in [0.2, 0.25) is 0 Å². The Labute approximate surface area is 68.6 Å². The molecule has 0 amide bonds. The molecule has 3 nitrogen and oxygen atoms in total. The van der Waals surface area contributed by atoms with E-state index in [1.54, 1.807) is 21.3 Å². The van der Waals surface area contributed by atoms with E-state index in [1.807, 2.05) is 13.8 Å². The van der Waals surface area contributed by atoms with E-state index >= 15 is 0 Å². The first-order chi connectivity index (χ1) is 5.10. The van der Waals surface area contributed by atoms with Crippen molar-refractivity contribution in [3.05, 3.63) is 0 Å². The van der Waals surface area contributed by atoms with Crippen LogP contribution in [0.2, 0.25) is 0 Å². The molecule has 0 aromatic heterocycles. The molecule has 0 saturated carbocycles. The summed E-state index contributed by atoms with van der Waals surface area (Å²) in [4.78, 5) is 0. The highest BCUT2D eigenvalue weighted by molar-refractivity contribution is 4.81. The first-order valence-corrected chi connectivity index (χ1v) is 3.67. The molecule has 0 radical (unpaired) electrons. The quantitative estimate of drug-likeness (QED) is 0.605. The SMILES string of the molecule is COCC(C)(OC)C(C)OC. The van der Waals surface area contributed by atoms with E-state index < -0.39 is 0 Å². The molecule has 0 spiro atoms. The molecule has 3 heteroatoms. The zero-order valence-electron chi connectivity index (χ0n) is 8.01. The molecule has 0 heterocycles. The third kappa shape index (κ3) is 2.77. The van der Waals surface area contributed by atoms with Crippen molar-refractivity contribution in [2.24, 2.45) is 0 Å². The summed E-state index contributed by atoms with van der Waals surface area (Å²) in [6.45, 7) is 4.46. The Hall–Kier alpha value is -0.120. The highest BCUT2D eigenvalue weighted by Gasteiger charge is 2.30. The van der Waals surface area contributed by atoms with Crippen LogP contribution in [0.25, 0.3) is 0 Å². The molecule has 0 fully saturated rings. The fraction of sp³-hybridized carbons (Fsp3) is 1.00. The minimum absolute atomic E-state index is 0.0347. The van der Waals surface area contributed by atoms with E-state index in [4.69, 9.17) is 14.2 Å². The third-order valence-corrected chi connectivity index (χ3v) is 2.11. The van der Waals surface area contributed by atoms with Gasteiger partial charge in [-0.1, -0.05) is 0 Å². The van der Waals surface area contributed by atoms with Crippen molar-refractivity contribution in [3.8, 4) is 0 Å². The van der Waals surface area contributed by atoms with Crippen molar-refractivity contribution in [1.82, 2.24) is 0 Å². The second-order valence-electron chi connectivity index (χ2n) is 2.83. The first kappa shape index (κ1) is 10.9. The van der Waals surface area contributed by atoms with E-state index in [-0.39, 0.29) is 11.7 Å². The Morgan fingerprint density at radius 3 is 2.09 bits per heavy atom. The lowest BCUT2D eigenvalue weighted by Crippen LogP contribution is -2.44. The second kappa shape index (κ2) is 4.70. The molecule has 0 bridgehead atoms.